The van der Waals surface area contributed by atoms with Gasteiger partial charge in [0.15, 0.2) is 5.82 Å². The van der Waals surface area contributed by atoms with Gasteiger partial charge in [-0.1, -0.05) is 13.8 Å². The molecule has 1 rings (SSSR count). The van der Waals surface area contributed by atoms with Gasteiger partial charge in [0.05, 0.1) is 0 Å². The molecule has 0 fully saturated rings. The lowest BCUT2D eigenvalue weighted by Gasteiger charge is -2.28. The van der Waals surface area contributed by atoms with Crippen molar-refractivity contribution in [2.24, 2.45) is 0 Å². The molecule has 0 bridgehead atoms. The van der Waals surface area contributed by atoms with Crippen LogP contribution in [0.5, 0.6) is 0 Å². The maximum atomic E-state index is 5.86. The van der Waals surface area contributed by atoms with E-state index in [0.29, 0.717) is 6.61 Å². The van der Waals surface area contributed by atoms with E-state index in [0.717, 1.165) is 30.3 Å². The highest BCUT2D eigenvalue weighted by atomic mass is 32.1. The maximum absolute atomic E-state index is 5.86. The lowest BCUT2D eigenvalue weighted by Crippen LogP contribution is -2.29. The Kier molecular flexibility index (Phi) is 5.15. The number of hydrogen-bond donors (Lipinski definition) is 1. The Labute approximate surface area is 102 Å². The van der Waals surface area contributed by atoms with Crippen molar-refractivity contribution in [1.29, 1.82) is 0 Å². The van der Waals surface area contributed by atoms with Crippen molar-refractivity contribution in [1.82, 2.24) is 9.36 Å². The smallest absolute Gasteiger partial charge is 0.202 e. The van der Waals surface area contributed by atoms with E-state index in [1.54, 1.807) is 0 Å². The molecule has 92 valence electrons. The Bertz CT molecular complexity index is 310. The first-order valence-corrected chi connectivity index (χ1v) is 6.71. The lowest BCUT2D eigenvalue weighted by molar-refractivity contribution is -0.0562. The van der Waals surface area contributed by atoms with Crippen LogP contribution in [-0.2, 0) is 10.3 Å². The lowest BCUT2D eigenvalue weighted by atomic mass is 9.96. The normalized spacial score (nSPS) is 11.8. The van der Waals surface area contributed by atoms with Crippen molar-refractivity contribution >= 4 is 16.7 Å². The highest BCUT2D eigenvalue weighted by Crippen LogP contribution is 2.32. The minimum absolute atomic E-state index is 0.307. The summed E-state index contributed by atoms with van der Waals surface area (Å²) in [4.78, 5) is 4.50. The minimum Gasteiger partial charge on any atom is -0.367 e. The molecule has 0 saturated carbocycles. The molecule has 5 heteroatoms. The topological polar surface area (TPSA) is 47.0 Å². The fraction of sp³-hybridized carbons (Fsp3) is 0.818. The molecule has 0 atom stereocenters. The molecule has 0 aliphatic carbocycles. The Morgan fingerprint density at radius 1 is 1.25 bits per heavy atom. The standard InChI is InChI=1S/C11H21N3OS/c1-5-11(6-2,15-8-4)9-13-10(12-7-3)16-14-9/h5-8H2,1-4H3,(H,12,13,14). The number of hydrogen-bond acceptors (Lipinski definition) is 5. The van der Waals surface area contributed by atoms with E-state index >= 15 is 0 Å². The van der Waals surface area contributed by atoms with Gasteiger partial charge in [0.2, 0.25) is 5.13 Å². The van der Waals surface area contributed by atoms with E-state index in [2.05, 4.69) is 35.4 Å². The predicted octanol–water partition coefficient (Wildman–Crippen LogP) is 3.02. The molecule has 0 aromatic carbocycles. The number of anilines is 1. The number of rotatable bonds is 7. The van der Waals surface area contributed by atoms with Gasteiger partial charge in [-0.2, -0.15) is 4.37 Å². The van der Waals surface area contributed by atoms with Gasteiger partial charge < -0.3 is 10.1 Å². The molecule has 0 aliphatic heterocycles. The summed E-state index contributed by atoms with van der Waals surface area (Å²) in [5, 5.41) is 4.06. The van der Waals surface area contributed by atoms with Crippen molar-refractivity contribution in [3.8, 4) is 0 Å². The molecular weight excluding hydrogens is 222 g/mol. The minimum atomic E-state index is -0.307. The molecular formula is C11H21N3OS. The zero-order valence-electron chi connectivity index (χ0n) is 10.5. The molecule has 0 spiro atoms. The monoisotopic (exact) mass is 243 g/mol. The summed E-state index contributed by atoms with van der Waals surface area (Å²) in [5.74, 6) is 0.820. The molecule has 0 radical (unpaired) electrons. The van der Waals surface area contributed by atoms with Gasteiger partial charge in [0.1, 0.15) is 5.60 Å². The molecule has 0 amide bonds. The van der Waals surface area contributed by atoms with E-state index in [-0.39, 0.29) is 5.60 Å². The first kappa shape index (κ1) is 13.4. The van der Waals surface area contributed by atoms with Crippen LogP contribution in [0.2, 0.25) is 0 Å². The molecule has 4 nitrogen and oxygen atoms in total. The third kappa shape index (κ3) is 2.71. The van der Waals surface area contributed by atoms with Crippen LogP contribution < -0.4 is 5.32 Å². The summed E-state index contributed by atoms with van der Waals surface area (Å²) < 4.78 is 10.3. The first-order chi connectivity index (χ1) is 7.72. The van der Waals surface area contributed by atoms with Gasteiger partial charge in [0.25, 0.3) is 0 Å². The highest BCUT2D eigenvalue weighted by molar-refractivity contribution is 7.09. The second-order valence-electron chi connectivity index (χ2n) is 3.59. The highest BCUT2D eigenvalue weighted by Gasteiger charge is 2.33. The van der Waals surface area contributed by atoms with Crippen molar-refractivity contribution in [3.63, 3.8) is 0 Å². The van der Waals surface area contributed by atoms with Crippen LogP contribution in [0.25, 0.3) is 0 Å². The average Bonchev–Trinajstić information content (AvgIpc) is 2.76. The second kappa shape index (κ2) is 6.15. The molecule has 0 aliphatic rings. The zero-order chi connectivity index (χ0) is 12.0. The van der Waals surface area contributed by atoms with Gasteiger partial charge in [0, 0.05) is 24.7 Å². The van der Waals surface area contributed by atoms with E-state index in [9.17, 15) is 0 Å². The Balaban J connectivity index is 2.91. The van der Waals surface area contributed by atoms with Crippen LogP contribution >= 0.6 is 11.5 Å². The summed E-state index contributed by atoms with van der Waals surface area (Å²) in [7, 11) is 0. The molecule has 1 N–H and O–H groups in total. The number of nitrogens with one attached hydrogen (secondary N) is 1. The quantitative estimate of drug-likeness (QED) is 0.799. The Morgan fingerprint density at radius 3 is 2.44 bits per heavy atom. The number of ether oxygens (including phenoxy) is 1. The molecule has 1 heterocycles. The van der Waals surface area contributed by atoms with Crippen molar-refractivity contribution in [2.45, 2.75) is 46.1 Å². The van der Waals surface area contributed by atoms with Crippen LogP contribution in [0.3, 0.4) is 0 Å². The SMILES string of the molecule is CCNc1nc(C(CC)(CC)OCC)ns1. The van der Waals surface area contributed by atoms with E-state index in [4.69, 9.17) is 4.74 Å². The van der Waals surface area contributed by atoms with Gasteiger partial charge in [-0.25, -0.2) is 4.98 Å². The summed E-state index contributed by atoms with van der Waals surface area (Å²) >= 11 is 1.41. The zero-order valence-corrected chi connectivity index (χ0v) is 11.4. The predicted molar refractivity (Wildman–Crippen MR) is 68.0 cm³/mol. The maximum Gasteiger partial charge on any atom is 0.202 e. The molecule has 0 unspecified atom stereocenters. The van der Waals surface area contributed by atoms with Crippen LogP contribution in [0.15, 0.2) is 0 Å². The van der Waals surface area contributed by atoms with E-state index in [1.807, 2.05) is 6.92 Å². The van der Waals surface area contributed by atoms with Gasteiger partial charge in [-0.3, -0.25) is 0 Å². The van der Waals surface area contributed by atoms with Crippen molar-refractivity contribution < 1.29 is 4.74 Å². The van der Waals surface area contributed by atoms with E-state index < -0.39 is 0 Å². The molecule has 16 heavy (non-hydrogen) atoms. The van der Waals surface area contributed by atoms with Crippen LogP contribution in [0.1, 0.15) is 46.4 Å². The summed E-state index contributed by atoms with van der Waals surface area (Å²) in [6.07, 6.45) is 1.80. The summed E-state index contributed by atoms with van der Waals surface area (Å²) in [5.41, 5.74) is -0.307. The van der Waals surface area contributed by atoms with Gasteiger partial charge in [-0.05, 0) is 26.7 Å². The second-order valence-corrected chi connectivity index (χ2v) is 4.34. The largest absolute Gasteiger partial charge is 0.367 e. The third-order valence-electron chi connectivity index (χ3n) is 2.72. The summed E-state index contributed by atoms with van der Waals surface area (Å²) in [6.45, 7) is 9.86. The average molecular weight is 243 g/mol. The Hall–Kier alpha value is -0.680. The van der Waals surface area contributed by atoms with Crippen LogP contribution in [0, 0.1) is 0 Å². The fourth-order valence-electron chi connectivity index (χ4n) is 1.74. The van der Waals surface area contributed by atoms with Crippen molar-refractivity contribution in [2.75, 3.05) is 18.5 Å². The molecule has 1 aromatic rings. The molecule has 1 aromatic heterocycles. The van der Waals surface area contributed by atoms with Gasteiger partial charge in [-0.15, -0.1) is 0 Å². The van der Waals surface area contributed by atoms with Crippen LogP contribution in [0.4, 0.5) is 5.13 Å². The van der Waals surface area contributed by atoms with Gasteiger partial charge >= 0.3 is 0 Å². The number of nitrogens with zero attached hydrogens (tertiary/aromatic N) is 2. The summed E-state index contributed by atoms with van der Waals surface area (Å²) in [6, 6.07) is 0. The van der Waals surface area contributed by atoms with Crippen LogP contribution in [-0.4, -0.2) is 22.5 Å². The Morgan fingerprint density at radius 2 is 1.94 bits per heavy atom. The van der Waals surface area contributed by atoms with E-state index in [1.165, 1.54) is 11.5 Å². The van der Waals surface area contributed by atoms with Crippen molar-refractivity contribution in [3.05, 3.63) is 5.82 Å². The fourth-order valence-corrected chi connectivity index (χ4v) is 2.46. The first-order valence-electron chi connectivity index (χ1n) is 5.94. The third-order valence-corrected chi connectivity index (χ3v) is 3.40. The number of aromatic nitrogens is 2. The molecule has 0 saturated heterocycles.